The molecule has 6 aromatic heterocycles. The van der Waals surface area contributed by atoms with Crippen molar-refractivity contribution in [1.82, 2.24) is 39.9 Å². The topological polar surface area (TPSA) is 129 Å². The van der Waals surface area contributed by atoms with Gasteiger partial charge in [-0.1, -0.05) is 285 Å². The Balaban J connectivity index is 0.000000143. The zero-order valence-electron chi connectivity index (χ0n) is 55.5. The molecule has 6 heterocycles. The molecule has 0 bridgehead atoms. The van der Waals surface area contributed by atoms with Crippen LogP contribution >= 0.6 is 22.7 Å². The van der Waals surface area contributed by atoms with Crippen molar-refractivity contribution < 1.29 is 8.83 Å². The number of hydrogen-bond donors (Lipinski definition) is 0. The van der Waals surface area contributed by atoms with Gasteiger partial charge in [0.25, 0.3) is 0 Å². The van der Waals surface area contributed by atoms with Gasteiger partial charge in [-0.15, -0.1) is 22.7 Å². The second kappa shape index (κ2) is 26.5. The summed E-state index contributed by atoms with van der Waals surface area (Å²) < 4.78 is 15.8. The Bertz CT molecular complexity index is 6550. The molecular weight excluding hydrogens is 1310 g/mol. The zero-order chi connectivity index (χ0) is 68.9. The first-order valence-corrected chi connectivity index (χ1v) is 35.9. The minimum absolute atomic E-state index is 0.588. The van der Waals surface area contributed by atoms with Crippen LogP contribution in [0.3, 0.4) is 0 Å². The molecule has 0 aliphatic carbocycles. The monoisotopic (exact) mass is 1370 g/mol. The first-order valence-electron chi connectivity index (χ1n) is 34.3. The molecule has 0 saturated heterocycles. The summed E-state index contributed by atoms with van der Waals surface area (Å²) in [5.74, 6) is 3.63. The number of para-hydroxylation sites is 4. The zero-order valence-corrected chi connectivity index (χ0v) is 57.2. The number of benzene rings is 14. The van der Waals surface area contributed by atoms with Gasteiger partial charge in [-0.3, -0.25) is 0 Å². The van der Waals surface area contributed by atoms with Crippen LogP contribution in [0.2, 0.25) is 0 Å². The fourth-order valence-corrected chi connectivity index (χ4v) is 15.7. The van der Waals surface area contributed by atoms with E-state index in [4.69, 9.17) is 48.7 Å². The third-order valence-electron chi connectivity index (χ3n) is 18.8. The third-order valence-corrected chi connectivity index (χ3v) is 20.9. The molecule has 12 heteroatoms. The third kappa shape index (κ3) is 11.7. The number of furan rings is 2. The second-order valence-electron chi connectivity index (χ2n) is 25.3. The molecule has 20 aromatic rings. The molecule has 0 unspecified atom stereocenters. The minimum atomic E-state index is 0.588. The quantitative estimate of drug-likeness (QED) is 0.117. The van der Waals surface area contributed by atoms with Gasteiger partial charge in [-0.2, -0.15) is 0 Å². The number of fused-ring (bicyclic) bond motifs is 8. The van der Waals surface area contributed by atoms with Crippen LogP contribution in [0.15, 0.2) is 349 Å². The van der Waals surface area contributed by atoms with Gasteiger partial charge in [0.2, 0.25) is 0 Å². The lowest BCUT2D eigenvalue weighted by atomic mass is 9.99. The van der Waals surface area contributed by atoms with Gasteiger partial charge in [0.05, 0.1) is 20.4 Å². The Morgan fingerprint density at radius 3 is 0.971 bits per heavy atom. The standard InChI is InChI=1S/2C46H28N4OS/c1-3-13-29(14-4-1)31-17-9-19-33(27-31)44-48-43(30-15-5-2-6-16-30)49-45(50-44)37-23-12-25-39-41(37)36-22-11-21-35(42(36)51-39)32-18-10-20-34(28-32)46-47-38-24-7-8-26-40(38)52-46;1-3-12-29(13-4-1)30-24-26-32(27-25-30)44-48-43(31-14-5-2-6-15-31)49-45(50-44)37-20-11-22-39-41(37)36-19-10-18-35(42(36)51-39)33-16-9-17-34(28-33)46-47-38-21-7-8-23-40(38)52-46/h2*1-28H. The Labute approximate surface area is 605 Å². The van der Waals surface area contributed by atoms with Gasteiger partial charge in [0, 0.05) is 77.2 Å². The highest BCUT2D eigenvalue weighted by atomic mass is 32.1. The molecule has 0 fully saturated rings. The lowest BCUT2D eigenvalue weighted by molar-refractivity contribution is 0.669. The highest BCUT2D eigenvalue weighted by molar-refractivity contribution is 7.22. The first-order chi connectivity index (χ1) is 51.5. The SMILES string of the molecule is c1ccc(-c2ccc(-c3nc(-c4ccccc4)nc(-c4cccc5oc6c(-c7cccc(-c8nc9ccccc9s8)c7)cccc6c45)n3)cc2)cc1.c1ccc(-c2cccc(-c3nc(-c4ccccc4)nc(-c4cccc5oc6c(-c7cccc(-c8nc9ccccc9s8)c7)cccc6c45)n3)c2)cc1. The van der Waals surface area contributed by atoms with Gasteiger partial charge in [-0.05, 0) is 88.0 Å². The maximum atomic E-state index is 6.70. The van der Waals surface area contributed by atoms with Gasteiger partial charge in [-0.25, -0.2) is 39.9 Å². The summed E-state index contributed by atoms with van der Waals surface area (Å²) in [6.07, 6.45) is 0. The maximum absolute atomic E-state index is 6.70. The number of aromatic nitrogens is 8. The van der Waals surface area contributed by atoms with E-state index >= 15 is 0 Å². The Morgan fingerprint density at radius 1 is 0.202 bits per heavy atom. The lowest BCUT2D eigenvalue weighted by Gasteiger charge is -2.10. The van der Waals surface area contributed by atoms with Crippen LogP contribution in [-0.2, 0) is 0 Å². The molecular formula is C92H56N8O2S2. The Morgan fingerprint density at radius 2 is 0.510 bits per heavy atom. The molecule has 0 aliphatic heterocycles. The molecule has 0 radical (unpaired) electrons. The average molecular weight is 1370 g/mol. The van der Waals surface area contributed by atoms with E-state index in [1.807, 2.05) is 109 Å². The normalized spacial score (nSPS) is 11.5. The number of thiazole rings is 2. The molecule has 0 amide bonds. The first kappa shape index (κ1) is 61.6. The molecule has 0 atom stereocenters. The number of nitrogens with zero attached hydrogens (tertiary/aromatic N) is 8. The molecule has 488 valence electrons. The Hall–Kier alpha value is -13.5. The fraction of sp³-hybridized carbons (Fsp3) is 0. The molecule has 0 N–H and O–H groups in total. The van der Waals surface area contributed by atoms with E-state index in [1.165, 1.54) is 9.40 Å². The predicted octanol–water partition coefficient (Wildman–Crippen LogP) is 24.8. The van der Waals surface area contributed by atoms with E-state index in [2.05, 4.69) is 231 Å². The summed E-state index contributed by atoms with van der Waals surface area (Å²) in [7, 11) is 0. The van der Waals surface area contributed by atoms with Crippen molar-refractivity contribution in [2.24, 2.45) is 0 Å². The highest BCUT2D eigenvalue weighted by Crippen LogP contribution is 2.45. The number of rotatable bonds is 12. The van der Waals surface area contributed by atoms with E-state index < -0.39 is 0 Å². The van der Waals surface area contributed by atoms with Crippen molar-refractivity contribution in [3.63, 3.8) is 0 Å². The van der Waals surface area contributed by atoms with Gasteiger partial charge >= 0.3 is 0 Å². The van der Waals surface area contributed by atoms with Crippen molar-refractivity contribution in [3.05, 3.63) is 340 Å². The predicted molar refractivity (Wildman–Crippen MR) is 426 cm³/mol. The van der Waals surface area contributed by atoms with Crippen molar-refractivity contribution in [3.8, 4) is 134 Å². The van der Waals surface area contributed by atoms with Crippen LogP contribution in [0.4, 0.5) is 0 Å². The summed E-state index contributed by atoms with van der Waals surface area (Å²) in [6, 6.07) is 116. The van der Waals surface area contributed by atoms with Gasteiger partial charge in [0.1, 0.15) is 32.3 Å². The average Bonchev–Trinajstić information content (AvgIpc) is 1.59. The van der Waals surface area contributed by atoms with Crippen LogP contribution in [0.1, 0.15) is 0 Å². The smallest absolute Gasteiger partial charge is 0.164 e. The van der Waals surface area contributed by atoms with Gasteiger partial charge in [0.15, 0.2) is 34.9 Å². The molecule has 20 rings (SSSR count). The minimum Gasteiger partial charge on any atom is -0.455 e. The summed E-state index contributed by atoms with van der Waals surface area (Å²) >= 11 is 3.41. The van der Waals surface area contributed by atoms with E-state index in [1.54, 1.807) is 22.7 Å². The molecule has 0 saturated carbocycles. The summed E-state index contributed by atoms with van der Waals surface area (Å²) in [6.45, 7) is 0. The summed E-state index contributed by atoms with van der Waals surface area (Å²) in [5, 5.41) is 5.94. The van der Waals surface area contributed by atoms with Gasteiger partial charge < -0.3 is 8.83 Å². The van der Waals surface area contributed by atoms with Crippen LogP contribution in [0.25, 0.3) is 198 Å². The van der Waals surface area contributed by atoms with Crippen LogP contribution in [0.5, 0.6) is 0 Å². The van der Waals surface area contributed by atoms with Crippen LogP contribution in [0, 0.1) is 0 Å². The molecule has 0 aliphatic rings. The summed E-state index contributed by atoms with van der Waals surface area (Å²) in [5.41, 5.74) is 21.5. The second-order valence-corrected chi connectivity index (χ2v) is 27.4. The lowest BCUT2D eigenvalue weighted by Crippen LogP contribution is -2.00. The fourth-order valence-electron chi connectivity index (χ4n) is 13.7. The van der Waals surface area contributed by atoms with E-state index in [-0.39, 0.29) is 0 Å². The highest BCUT2D eigenvalue weighted by Gasteiger charge is 2.23. The van der Waals surface area contributed by atoms with Crippen LogP contribution in [-0.4, -0.2) is 39.9 Å². The molecule has 10 nitrogen and oxygen atoms in total. The van der Waals surface area contributed by atoms with E-state index in [0.717, 1.165) is 154 Å². The van der Waals surface area contributed by atoms with Crippen molar-refractivity contribution in [1.29, 1.82) is 0 Å². The van der Waals surface area contributed by atoms with E-state index in [0.29, 0.717) is 34.9 Å². The molecule has 14 aromatic carbocycles. The maximum Gasteiger partial charge on any atom is 0.164 e. The van der Waals surface area contributed by atoms with Crippen molar-refractivity contribution >= 4 is 87.0 Å². The van der Waals surface area contributed by atoms with E-state index in [9.17, 15) is 0 Å². The van der Waals surface area contributed by atoms with Crippen LogP contribution < -0.4 is 0 Å². The largest absolute Gasteiger partial charge is 0.455 e. The number of hydrogen-bond acceptors (Lipinski definition) is 12. The Kier molecular flexibility index (Phi) is 15.7. The van der Waals surface area contributed by atoms with Crippen molar-refractivity contribution in [2.45, 2.75) is 0 Å². The molecule has 0 spiro atoms. The molecule has 104 heavy (non-hydrogen) atoms. The van der Waals surface area contributed by atoms with Crippen molar-refractivity contribution in [2.75, 3.05) is 0 Å². The summed E-state index contributed by atoms with van der Waals surface area (Å²) in [4.78, 5) is 40.2.